The van der Waals surface area contributed by atoms with Crippen molar-refractivity contribution in [2.24, 2.45) is 0 Å². The summed E-state index contributed by atoms with van der Waals surface area (Å²) in [6.45, 7) is 0.737. The van der Waals surface area contributed by atoms with Gasteiger partial charge in [0.2, 0.25) is 0 Å². The molecule has 3 aromatic rings. The Labute approximate surface area is 193 Å². The SMILES string of the molecule is CC(NC(=O)COC(=O)c1ccccc1NS(=O)(=O)c1ccc(F)cc1)c1ccc(F)cc1F. The van der Waals surface area contributed by atoms with E-state index in [1.807, 2.05) is 0 Å². The molecule has 34 heavy (non-hydrogen) atoms. The topological polar surface area (TPSA) is 102 Å². The van der Waals surface area contributed by atoms with Gasteiger partial charge >= 0.3 is 5.97 Å². The zero-order valence-corrected chi connectivity index (χ0v) is 18.5. The van der Waals surface area contributed by atoms with Gasteiger partial charge in [-0.3, -0.25) is 9.52 Å². The van der Waals surface area contributed by atoms with Gasteiger partial charge in [0.05, 0.1) is 22.2 Å². The number of esters is 1. The zero-order valence-electron chi connectivity index (χ0n) is 17.7. The van der Waals surface area contributed by atoms with Crippen molar-refractivity contribution >= 4 is 27.6 Å². The number of hydrogen-bond acceptors (Lipinski definition) is 5. The first kappa shape index (κ1) is 24.8. The molecule has 0 fully saturated rings. The lowest BCUT2D eigenvalue weighted by atomic mass is 10.1. The van der Waals surface area contributed by atoms with Gasteiger partial charge in [-0.1, -0.05) is 18.2 Å². The van der Waals surface area contributed by atoms with Crippen molar-refractivity contribution in [1.82, 2.24) is 5.32 Å². The molecule has 1 amide bonds. The number of sulfonamides is 1. The monoisotopic (exact) mass is 492 g/mol. The standard InChI is InChI=1S/C23H19F3N2O5S/c1-14(18-11-8-16(25)12-20(18)26)27-22(29)13-33-23(30)19-4-2-3-5-21(19)28-34(31,32)17-9-6-15(24)7-10-17/h2-12,14,28H,13H2,1H3,(H,27,29). The van der Waals surface area contributed by atoms with Crippen LogP contribution in [0.25, 0.3) is 0 Å². The lowest BCUT2D eigenvalue weighted by Crippen LogP contribution is -2.31. The summed E-state index contributed by atoms with van der Waals surface area (Å²) in [6, 6.07) is 11.7. The molecule has 3 rings (SSSR count). The maximum absolute atomic E-state index is 13.9. The molecular formula is C23H19F3N2O5S. The van der Waals surface area contributed by atoms with Crippen LogP contribution in [-0.2, 0) is 19.6 Å². The number of ether oxygens (including phenoxy) is 1. The predicted octanol–water partition coefficient (Wildman–Crippen LogP) is 3.94. The van der Waals surface area contributed by atoms with Gasteiger partial charge in [-0.15, -0.1) is 0 Å². The van der Waals surface area contributed by atoms with Gasteiger partial charge < -0.3 is 10.1 Å². The second-order valence-corrected chi connectivity index (χ2v) is 8.82. The van der Waals surface area contributed by atoms with Crippen LogP contribution in [-0.4, -0.2) is 26.9 Å². The van der Waals surface area contributed by atoms with Gasteiger partial charge in [-0.25, -0.2) is 26.4 Å². The Kier molecular flexibility index (Phi) is 7.57. The molecule has 0 aliphatic heterocycles. The quantitative estimate of drug-likeness (QED) is 0.464. The third kappa shape index (κ3) is 6.13. The van der Waals surface area contributed by atoms with E-state index < -0.39 is 52.0 Å². The highest BCUT2D eigenvalue weighted by Crippen LogP contribution is 2.21. The fourth-order valence-corrected chi connectivity index (χ4v) is 4.07. The van der Waals surface area contributed by atoms with E-state index in [9.17, 15) is 31.2 Å². The molecule has 0 radical (unpaired) electrons. The molecule has 7 nitrogen and oxygen atoms in total. The highest BCUT2D eigenvalue weighted by Gasteiger charge is 2.21. The van der Waals surface area contributed by atoms with Crippen molar-refractivity contribution in [3.63, 3.8) is 0 Å². The summed E-state index contributed by atoms with van der Waals surface area (Å²) in [5.41, 5.74) is -0.237. The van der Waals surface area contributed by atoms with Crippen molar-refractivity contribution in [2.45, 2.75) is 17.9 Å². The van der Waals surface area contributed by atoms with Crippen LogP contribution in [0.4, 0.5) is 18.9 Å². The highest BCUT2D eigenvalue weighted by atomic mass is 32.2. The number of benzene rings is 3. The number of anilines is 1. The maximum atomic E-state index is 13.9. The van der Waals surface area contributed by atoms with E-state index in [0.717, 1.165) is 30.3 Å². The number of para-hydroxylation sites is 1. The minimum atomic E-state index is -4.14. The number of hydrogen-bond donors (Lipinski definition) is 2. The predicted molar refractivity (Wildman–Crippen MR) is 117 cm³/mol. The third-order valence-corrected chi connectivity index (χ3v) is 6.04. The number of nitrogens with one attached hydrogen (secondary N) is 2. The van der Waals surface area contributed by atoms with Crippen LogP contribution in [0, 0.1) is 17.5 Å². The molecule has 2 N–H and O–H groups in total. The minimum Gasteiger partial charge on any atom is -0.452 e. The molecule has 0 aliphatic carbocycles. The normalized spacial score (nSPS) is 12.0. The second kappa shape index (κ2) is 10.4. The maximum Gasteiger partial charge on any atom is 0.340 e. The molecule has 0 spiro atoms. The van der Waals surface area contributed by atoms with Crippen molar-refractivity contribution in [1.29, 1.82) is 0 Å². The fourth-order valence-electron chi connectivity index (χ4n) is 2.99. The van der Waals surface area contributed by atoms with Crippen LogP contribution in [0.1, 0.15) is 28.9 Å². The van der Waals surface area contributed by atoms with E-state index in [0.29, 0.717) is 6.07 Å². The largest absolute Gasteiger partial charge is 0.452 e. The molecule has 11 heteroatoms. The first-order chi connectivity index (χ1) is 16.1. The Morgan fingerprint density at radius 1 is 0.941 bits per heavy atom. The summed E-state index contributed by atoms with van der Waals surface area (Å²) in [5.74, 6) is -3.96. The van der Waals surface area contributed by atoms with Crippen molar-refractivity contribution in [3.05, 3.63) is 95.3 Å². The van der Waals surface area contributed by atoms with Crippen molar-refractivity contribution in [3.8, 4) is 0 Å². The highest BCUT2D eigenvalue weighted by molar-refractivity contribution is 7.92. The van der Waals surface area contributed by atoms with Gasteiger partial charge in [0, 0.05) is 11.6 Å². The summed E-state index contributed by atoms with van der Waals surface area (Å²) >= 11 is 0. The summed E-state index contributed by atoms with van der Waals surface area (Å²) in [6.07, 6.45) is 0. The van der Waals surface area contributed by atoms with Crippen LogP contribution in [0.2, 0.25) is 0 Å². The average Bonchev–Trinajstić information content (AvgIpc) is 2.77. The van der Waals surface area contributed by atoms with E-state index in [1.54, 1.807) is 0 Å². The van der Waals surface area contributed by atoms with E-state index >= 15 is 0 Å². The molecule has 1 atom stereocenters. The Hall–Kier alpha value is -3.86. The molecule has 0 saturated carbocycles. The minimum absolute atomic E-state index is 0.0432. The second-order valence-electron chi connectivity index (χ2n) is 7.14. The first-order valence-electron chi connectivity index (χ1n) is 9.85. The molecule has 3 aromatic carbocycles. The summed E-state index contributed by atoms with van der Waals surface area (Å²) < 4.78 is 72.3. The van der Waals surface area contributed by atoms with Gasteiger partial charge in [0.1, 0.15) is 17.5 Å². The van der Waals surface area contributed by atoms with E-state index in [-0.39, 0.29) is 21.7 Å². The van der Waals surface area contributed by atoms with Crippen LogP contribution < -0.4 is 10.0 Å². The fraction of sp³-hybridized carbons (Fsp3) is 0.130. The number of rotatable bonds is 8. The number of halogens is 3. The van der Waals surface area contributed by atoms with Gasteiger partial charge in [0.15, 0.2) is 6.61 Å². The average molecular weight is 492 g/mol. The number of carbonyl (C=O) groups is 2. The molecule has 0 bridgehead atoms. The molecular weight excluding hydrogens is 473 g/mol. The smallest absolute Gasteiger partial charge is 0.340 e. The molecule has 1 unspecified atom stereocenters. The lowest BCUT2D eigenvalue weighted by molar-refractivity contribution is -0.124. The molecule has 0 aromatic heterocycles. The van der Waals surface area contributed by atoms with E-state index in [2.05, 4.69) is 10.0 Å². The van der Waals surface area contributed by atoms with Gasteiger partial charge in [0.25, 0.3) is 15.9 Å². The Bertz CT molecular complexity index is 1310. The Morgan fingerprint density at radius 3 is 2.26 bits per heavy atom. The van der Waals surface area contributed by atoms with Gasteiger partial charge in [-0.2, -0.15) is 0 Å². The molecule has 0 heterocycles. The summed E-state index contributed by atoms with van der Waals surface area (Å²) in [4.78, 5) is 24.4. The summed E-state index contributed by atoms with van der Waals surface area (Å²) in [7, 11) is -4.14. The molecule has 178 valence electrons. The summed E-state index contributed by atoms with van der Waals surface area (Å²) in [5, 5.41) is 2.42. The molecule has 0 saturated heterocycles. The van der Waals surface area contributed by atoms with Crippen molar-refractivity contribution < 1.29 is 35.9 Å². The lowest BCUT2D eigenvalue weighted by Gasteiger charge is -2.16. The first-order valence-corrected chi connectivity index (χ1v) is 11.3. The number of amides is 1. The van der Waals surface area contributed by atoms with Gasteiger partial charge in [-0.05, 0) is 49.4 Å². The van der Waals surface area contributed by atoms with Crippen LogP contribution >= 0.6 is 0 Å². The Morgan fingerprint density at radius 2 is 1.59 bits per heavy atom. The van der Waals surface area contributed by atoms with E-state index in [4.69, 9.17) is 4.74 Å². The zero-order chi connectivity index (χ0) is 24.9. The van der Waals surface area contributed by atoms with E-state index in [1.165, 1.54) is 37.3 Å². The van der Waals surface area contributed by atoms with Crippen molar-refractivity contribution in [2.75, 3.05) is 11.3 Å². The molecule has 0 aliphatic rings. The third-order valence-electron chi connectivity index (χ3n) is 4.66. The number of carbonyl (C=O) groups excluding carboxylic acids is 2. The van der Waals surface area contributed by atoms with Crippen LogP contribution in [0.15, 0.2) is 71.6 Å². The van der Waals surface area contributed by atoms with Crippen LogP contribution in [0.3, 0.4) is 0 Å². The van der Waals surface area contributed by atoms with Crippen LogP contribution in [0.5, 0.6) is 0 Å². The Balaban J connectivity index is 1.65.